The van der Waals surface area contributed by atoms with Gasteiger partial charge in [0.2, 0.25) is 5.91 Å². The lowest BCUT2D eigenvalue weighted by Crippen LogP contribution is -2.33. The summed E-state index contributed by atoms with van der Waals surface area (Å²) < 4.78 is 1.07. The van der Waals surface area contributed by atoms with Crippen LogP contribution in [0.5, 0.6) is 0 Å². The molecule has 0 heterocycles. The fourth-order valence-electron chi connectivity index (χ4n) is 1.67. The molecule has 2 amide bonds. The van der Waals surface area contributed by atoms with Crippen molar-refractivity contribution < 1.29 is 9.59 Å². The van der Waals surface area contributed by atoms with Gasteiger partial charge in [-0.1, -0.05) is 23.2 Å². The first-order chi connectivity index (χ1) is 10.5. The summed E-state index contributed by atoms with van der Waals surface area (Å²) in [6.07, 6.45) is 0. The van der Waals surface area contributed by atoms with Gasteiger partial charge in [-0.25, -0.2) is 0 Å². The zero-order valence-electron chi connectivity index (χ0n) is 11.2. The lowest BCUT2D eigenvalue weighted by atomic mass is 10.2. The second-order valence-corrected chi connectivity index (χ2v) is 6.45. The van der Waals surface area contributed by atoms with E-state index in [0.29, 0.717) is 10.7 Å². The molecule has 4 nitrogen and oxygen atoms in total. The Labute approximate surface area is 151 Å². The highest BCUT2D eigenvalue weighted by atomic mass is 127. The number of amides is 2. The molecule has 2 rings (SSSR count). The molecule has 0 spiro atoms. The topological polar surface area (TPSA) is 58.2 Å². The molecule has 0 saturated heterocycles. The van der Waals surface area contributed by atoms with E-state index in [9.17, 15) is 9.59 Å². The summed E-state index contributed by atoms with van der Waals surface area (Å²) in [6.45, 7) is -0.149. The third kappa shape index (κ3) is 4.86. The first kappa shape index (κ1) is 17.1. The Bertz CT molecular complexity index is 705. The third-order valence-electron chi connectivity index (χ3n) is 2.71. The molecule has 0 saturated carbocycles. The van der Waals surface area contributed by atoms with Crippen molar-refractivity contribution in [2.24, 2.45) is 0 Å². The molecule has 2 aromatic rings. The van der Waals surface area contributed by atoms with E-state index in [1.807, 2.05) is 12.1 Å². The minimum Gasteiger partial charge on any atom is -0.343 e. The monoisotopic (exact) mass is 448 g/mol. The van der Waals surface area contributed by atoms with E-state index in [-0.39, 0.29) is 23.0 Å². The van der Waals surface area contributed by atoms with Crippen LogP contribution in [0.3, 0.4) is 0 Å². The predicted molar refractivity (Wildman–Crippen MR) is 96.6 cm³/mol. The standard InChI is InChI=1S/C15H11Cl2IN2O2/c16-9-1-6-12(13(17)7-9)15(22)19-8-14(21)20-11-4-2-10(18)3-5-11/h1-7H,8H2,(H,19,22)(H,20,21). The largest absolute Gasteiger partial charge is 0.343 e. The number of rotatable bonds is 4. The van der Waals surface area contributed by atoms with Gasteiger partial charge < -0.3 is 10.6 Å². The summed E-state index contributed by atoms with van der Waals surface area (Å²) in [5.74, 6) is -0.751. The summed E-state index contributed by atoms with van der Waals surface area (Å²) in [5, 5.41) is 5.88. The number of halogens is 3. The Morgan fingerprint density at radius 1 is 1.05 bits per heavy atom. The van der Waals surface area contributed by atoms with Gasteiger partial charge in [0.05, 0.1) is 17.1 Å². The molecule has 0 unspecified atom stereocenters. The summed E-state index contributed by atoms with van der Waals surface area (Å²) in [7, 11) is 0. The van der Waals surface area contributed by atoms with Crippen LogP contribution in [0, 0.1) is 3.57 Å². The highest BCUT2D eigenvalue weighted by Crippen LogP contribution is 2.20. The summed E-state index contributed by atoms with van der Waals surface area (Å²) >= 11 is 13.9. The SMILES string of the molecule is O=C(CNC(=O)c1ccc(Cl)cc1Cl)Nc1ccc(I)cc1. The van der Waals surface area contributed by atoms with Gasteiger partial charge in [0.15, 0.2) is 0 Å². The van der Waals surface area contributed by atoms with Crippen molar-refractivity contribution in [1.82, 2.24) is 5.32 Å². The Kier molecular flexibility index (Phi) is 6.05. The number of anilines is 1. The van der Waals surface area contributed by atoms with Gasteiger partial charge in [-0.2, -0.15) is 0 Å². The fourth-order valence-corrected chi connectivity index (χ4v) is 2.52. The number of carbonyl (C=O) groups is 2. The molecule has 2 aromatic carbocycles. The van der Waals surface area contributed by atoms with Gasteiger partial charge in [0, 0.05) is 14.3 Å². The molecule has 7 heteroatoms. The van der Waals surface area contributed by atoms with E-state index in [0.717, 1.165) is 3.57 Å². The van der Waals surface area contributed by atoms with Gasteiger partial charge >= 0.3 is 0 Å². The minimum atomic E-state index is -0.431. The second-order valence-electron chi connectivity index (χ2n) is 4.36. The molecule has 0 bridgehead atoms. The molecule has 0 radical (unpaired) electrons. The minimum absolute atomic E-state index is 0.149. The number of benzene rings is 2. The average molecular weight is 449 g/mol. The molecule has 2 N–H and O–H groups in total. The van der Waals surface area contributed by atoms with Crippen molar-refractivity contribution in [2.45, 2.75) is 0 Å². The molecule has 0 aliphatic rings. The van der Waals surface area contributed by atoms with E-state index in [4.69, 9.17) is 23.2 Å². The predicted octanol–water partition coefficient (Wildman–Crippen LogP) is 3.97. The van der Waals surface area contributed by atoms with Crippen LogP contribution in [-0.2, 0) is 4.79 Å². The van der Waals surface area contributed by atoms with Crippen LogP contribution in [0.15, 0.2) is 42.5 Å². The van der Waals surface area contributed by atoms with Crippen LogP contribution in [0.2, 0.25) is 10.0 Å². The van der Waals surface area contributed by atoms with E-state index < -0.39 is 5.91 Å². The van der Waals surface area contributed by atoms with Gasteiger partial charge in [-0.15, -0.1) is 0 Å². The zero-order chi connectivity index (χ0) is 16.1. The number of carbonyl (C=O) groups excluding carboxylic acids is 2. The first-order valence-electron chi connectivity index (χ1n) is 6.24. The van der Waals surface area contributed by atoms with Crippen molar-refractivity contribution in [3.05, 3.63) is 61.6 Å². The van der Waals surface area contributed by atoms with Crippen LogP contribution in [0.4, 0.5) is 5.69 Å². The zero-order valence-corrected chi connectivity index (χ0v) is 14.9. The maximum Gasteiger partial charge on any atom is 0.253 e. The van der Waals surface area contributed by atoms with Gasteiger partial charge in [0.25, 0.3) is 5.91 Å². The molecule has 0 aliphatic carbocycles. The number of hydrogen-bond donors (Lipinski definition) is 2. The lowest BCUT2D eigenvalue weighted by molar-refractivity contribution is -0.115. The quantitative estimate of drug-likeness (QED) is 0.695. The van der Waals surface area contributed by atoms with Crippen molar-refractivity contribution in [3.8, 4) is 0 Å². The van der Waals surface area contributed by atoms with Crippen molar-refractivity contribution >= 4 is 63.3 Å². The summed E-state index contributed by atoms with van der Waals surface area (Å²) in [6, 6.07) is 11.9. The second kappa shape index (κ2) is 7.80. The van der Waals surface area contributed by atoms with Gasteiger partial charge in [-0.3, -0.25) is 9.59 Å². The average Bonchev–Trinajstić information content (AvgIpc) is 2.47. The molecular weight excluding hydrogens is 438 g/mol. The van der Waals surface area contributed by atoms with E-state index in [1.165, 1.54) is 12.1 Å². The first-order valence-corrected chi connectivity index (χ1v) is 8.08. The van der Waals surface area contributed by atoms with Crippen LogP contribution < -0.4 is 10.6 Å². The van der Waals surface area contributed by atoms with Crippen LogP contribution >= 0.6 is 45.8 Å². The highest BCUT2D eigenvalue weighted by molar-refractivity contribution is 14.1. The smallest absolute Gasteiger partial charge is 0.253 e. The Balaban J connectivity index is 1.90. The summed E-state index contributed by atoms with van der Waals surface area (Å²) in [4.78, 5) is 23.7. The Hall–Kier alpha value is -1.31. The van der Waals surface area contributed by atoms with E-state index in [1.54, 1.807) is 18.2 Å². The van der Waals surface area contributed by atoms with Crippen molar-refractivity contribution in [3.63, 3.8) is 0 Å². The van der Waals surface area contributed by atoms with Crippen molar-refractivity contribution in [2.75, 3.05) is 11.9 Å². The highest BCUT2D eigenvalue weighted by Gasteiger charge is 2.12. The maximum atomic E-state index is 12.0. The molecular formula is C15H11Cl2IN2O2. The van der Waals surface area contributed by atoms with Gasteiger partial charge in [-0.05, 0) is 65.1 Å². The van der Waals surface area contributed by atoms with Crippen LogP contribution in [0.1, 0.15) is 10.4 Å². The van der Waals surface area contributed by atoms with Gasteiger partial charge in [0.1, 0.15) is 0 Å². The fraction of sp³-hybridized carbons (Fsp3) is 0.0667. The van der Waals surface area contributed by atoms with E-state index >= 15 is 0 Å². The lowest BCUT2D eigenvalue weighted by Gasteiger charge is -2.08. The summed E-state index contributed by atoms with van der Waals surface area (Å²) in [5.41, 5.74) is 0.942. The third-order valence-corrected chi connectivity index (χ3v) is 3.98. The molecule has 0 fully saturated rings. The Morgan fingerprint density at radius 3 is 2.36 bits per heavy atom. The van der Waals surface area contributed by atoms with Crippen LogP contribution in [-0.4, -0.2) is 18.4 Å². The Morgan fingerprint density at radius 2 is 1.73 bits per heavy atom. The normalized spacial score (nSPS) is 10.1. The molecule has 0 aromatic heterocycles. The molecule has 0 aliphatic heterocycles. The number of nitrogens with one attached hydrogen (secondary N) is 2. The van der Waals surface area contributed by atoms with Crippen molar-refractivity contribution in [1.29, 1.82) is 0 Å². The van der Waals surface area contributed by atoms with E-state index in [2.05, 4.69) is 33.2 Å². The maximum absolute atomic E-state index is 12.0. The molecule has 114 valence electrons. The molecule has 22 heavy (non-hydrogen) atoms. The van der Waals surface area contributed by atoms with Crippen LogP contribution in [0.25, 0.3) is 0 Å². The number of hydrogen-bond acceptors (Lipinski definition) is 2. The molecule has 0 atom stereocenters.